The predicted octanol–water partition coefficient (Wildman–Crippen LogP) is -0.788. The highest BCUT2D eigenvalue weighted by molar-refractivity contribution is 7.89. The van der Waals surface area contributed by atoms with Crippen molar-refractivity contribution in [1.82, 2.24) is 4.31 Å². The minimum atomic E-state index is -3.53. The van der Waals surface area contributed by atoms with E-state index in [9.17, 15) is 13.2 Å². The molecule has 1 rings (SSSR count). The Morgan fingerprint density at radius 1 is 1.40 bits per heavy atom. The molecule has 0 aromatic carbocycles. The first-order valence-electron chi connectivity index (χ1n) is 4.77. The first-order valence-corrected chi connectivity index (χ1v) is 6.38. The van der Waals surface area contributed by atoms with Gasteiger partial charge in [-0.25, -0.2) is 8.42 Å². The summed E-state index contributed by atoms with van der Waals surface area (Å²) in [5, 5.41) is 0. The number of carbonyl (C=O) groups excluding carboxylic acids is 1. The van der Waals surface area contributed by atoms with Crippen LogP contribution in [-0.2, 0) is 24.3 Å². The number of ether oxygens (including phenoxy) is 2. The number of rotatable bonds is 4. The summed E-state index contributed by atoms with van der Waals surface area (Å²) < 4.78 is 34.2. The lowest BCUT2D eigenvalue weighted by Gasteiger charge is -2.25. The Bertz CT molecular complexity index is 307. The molecule has 0 spiro atoms. The molecule has 0 bridgehead atoms. The predicted molar refractivity (Wildman–Crippen MR) is 52.8 cm³/mol. The quantitative estimate of drug-likeness (QED) is 0.599. The van der Waals surface area contributed by atoms with Crippen LogP contribution >= 0.6 is 0 Å². The molecular formula is C8H15NO5S. The molecule has 0 unspecified atom stereocenters. The second-order valence-corrected chi connectivity index (χ2v) is 5.04. The highest BCUT2D eigenvalue weighted by Gasteiger charge is 2.27. The van der Waals surface area contributed by atoms with Crippen LogP contribution in [0, 0.1) is 0 Å². The molecule has 0 N–H and O–H groups in total. The van der Waals surface area contributed by atoms with Gasteiger partial charge in [-0.1, -0.05) is 0 Å². The van der Waals surface area contributed by atoms with Crippen molar-refractivity contribution in [2.75, 3.05) is 38.7 Å². The van der Waals surface area contributed by atoms with Gasteiger partial charge in [0.05, 0.1) is 19.8 Å². The standard InChI is InChI=1S/C8H15NO5S/c1-2-14-8(10)7-15(11,12)9-3-5-13-6-4-9/h2-7H2,1H3. The van der Waals surface area contributed by atoms with Gasteiger partial charge < -0.3 is 9.47 Å². The molecule has 6 nitrogen and oxygen atoms in total. The summed E-state index contributed by atoms with van der Waals surface area (Å²) in [7, 11) is -3.53. The van der Waals surface area contributed by atoms with E-state index in [2.05, 4.69) is 4.74 Å². The van der Waals surface area contributed by atoms with E-state index in [1.165, 1.54) is 4.31 Å². The summed E-state index contributed by atoms with van der Waals surface area (Å²) in [6.07, 6.45) is 0. The monoisotopic (exact) mass is 237 g/mol. The lowest BCUT2D eigenvalue weighted by molar-refractivity contribution is -0.140. The number of carbonyl (C=O) groups is 1. The molecule has 1 saturated heterocycles. The van der Waals surface area contributed by atoms with Crippen molar-refractivity contribution >= 4 is 16.0 Å². The Balaban J connectivity index is 2.53. The smallest absolute Gasteiger partial charge is 0.322 e. The lowest BCUT2D eigenvalue weighted by Crippen LogP contribution is -2.43. The van der Waals surface area contributed by atoms with E-state index in [0.717, 1.165) is 0 Å². The highest BCUT2D eigenvalue weighted by atomic mass is 32.2. The molecule has 15 heavy (non-hydrogen) atoms. The van der Waals surface area contributed by atoms with Crippen molar-refractivity contribution < 1.29 is 22.7 Å². The maximum atomic E-state index is 11.6. The maximum absolute atomic E-state index is 11.6. The van der Waals surface area contributed by atoms with Crippen LogP contribution in [0.2, 0.25) is 0 Å². The Labute approximate surface area is 89.2 Å². The van der Waals surface area contributed by atoms with Gasteiger partial charge in [-0.3, -0.25) is 4.79 Å². The highest BCUT2D eigenvalue weighted by Crippen LogP contribution is 2.05. The van der Waals surface area contributed by atoms with Gasteiger partial charge in [0.2, 0.25) is 10.0 Å². The van der Waals surface area contributed by atoms with Gasteiger partial charge in [-0.05, 0) is 6.92 Å². The second-order valence-electron chi connectivity index (χ2n) is 3.07. The van der Waals surface area contributed by atoms with Gasteiger partial charge in [0, 0.05) is 13.1 Å². The molecule has 1 aliphatic heterocycles. The van der Waals surface area contributed by atoms with Crippen LogP contribution < -0.4 is 0 Å². The number of morpholine rings is 1. The molecule has 1 fully saturated rings. The summed E-state index contributed by atoms with van der Waals surface area (Å²) in [5.74, 6) is -1.29. The largest absolute Gasteiger partial charge is 0.465 e. The number of sulfonamides is 1. The number of hydrogen-bond donors (Lipinski definition) is 0. The topological polar surface area (TPSA) is 72.9 Å². The van der Waals surface area contributed by atoms with Gasteiger partial charge >= 0.3 is 5.97 Å². The number of esters is 1. The Kier molecular flexibility index (Phi) is 4.49. The Morgan fingerprint density at radius 3 is 2.53 bits per heavy atom. The van der Waals surface area contributed by atoms with Crippen molar-refractivity contribution in [3.63, 3.8) is 0 Å². The van der Waals surface area contributed by atoms with Crippen LogP contribution in [0.25, 0.3) is 0 Å². The van der Waals surface area contributed by atoms with Gasteiger partial charge in [-0.2, -0.15) is 4.31 Å². The summed E-state index contributed by atoms with van der Waals surface area (Å²) in [6.45, 7) is 3.20. The van der Waals surface area contributed by atoms with Crippen molar-refractivity contribution in [2.24, 2.45) is 0 Å². The summed E-state index contributed by atoms with van der Waals surface area (Å²) in [4.78, 5) is 11.0. The summed E-state index contributed by atoms with van der Waals surface area (Å²) in [5.41, 5.74) is 0. The molecule has 1 heterocycles. The Morgan fingerprint density at radius 2 is 2.00 bits per heavy atom. The maximum Gasteiger partial charge on any atom is 0.322 e. The molecular weight excluding hydrogens is 222 g/mol. The molecule has 0 aromatic heterocycles. The number of nitrogens with zero attached hydrogens (tertiary/aromatic N) is 1. The van der Waals surface area contributed by atoms with E-state index < -0.39 is 21.7 Å². The third-order valence-corrected chi connectivity index (χ3v) is 3.72. The van der Waals surface area contributed by atoms with Crippen LogP contribution in [0.15, 0.2) is 0 Å². The average Bonchev–Trinajstić information content (AvgIpc) is 2.18. The van der Waals surface area contributed by atoms with E-state index in [1.807, 2.05) is 0 Å². The van der Waals surface area contributed by atoms with E-state index in [1.54, 1.807) is 6.92 Å². The van der Waals surface area contributed by atoms with Crippen molar-refractivity contribution in [3.05, 3.63) is 0 Å². The fourth-order valence-corrected chi connectivity index (χ4v) is 2.54. The van der Waals surface area contributed by atoms with E-state index in [-0.39, 0.29) is 6.61 Å². The fourth-order valence-electron chi connectivity index (χ4n) is 1.27. The lowest BCUT2D eigenvalue weighted by atomic mass is 10.5. The third-order valence-electron chi connectivity index (χ3n) is 1.97. The van der Waals surface area contributed by atoms with Gasteiger partial charge in [0.1, 0.15) is 0 Å². The van der Waals surface area contributed by atoms with Crippen LogP contribution in [0.5, 0.6) is 0 Å². The summed E-state index contributed by atoms with van der Waals surface area (Å²) >= 11 is 0. The first kappa shape index (κ1) is 12.4. The molecule has 0 amide bonds. The molecule has 0 atom stereocenters. The fraction of sp³-hybridized carbons (Fsp3) is 0.875. The molecule has 0 aliphatic carbocycles. The zero-order valence-corrected chi connectivity index (χ0v) is 9.46. The van der Waals surface area contributed by atoms with E-state index in [0.29, 0.717) is 26.3 Å². The third kappa shape index (κ3) is 3.77. The van der Waals surface area contributed by atoms with Gasteiger partial charge in [0.15, 0.2) is 5.75 Å². The Hall–Kier alpha value is -0.660. The van der Waals surface area contributed by atoms with Crippen LogP contribution in [0.4, 0.5) is 0 Å². The molecule has 0 aromatic rings. The van der Waals surface area contributed by atoms with Gasteiger partial charge in [-0.15, -0.1) is 0 Å². The van der Waals surface area contributed by atoms with Gasteiger partial charge in [0.25, 0.3) is 0 Å². The SMILES string of the molecule is CCOC(=O)CS(=O)(=O)N1CCOCC1. The molecule has 1 aliphatic rings. The molecule has 7 heteroatoms. The van der Waals surface area contributed by atoms with Crippen LogP contribution in [0.1, 0.15) is 6.92 Å². The minimum absolute atomic E-state index is 0.192. The normalized spacial score (nSPS) is 18.7. The van der Waals surface area contributed by atoms with Crippen LogP contribution in [0.3, 0.4) is 0 Å². The summed E-state index contributed by atoms with van der Waals surface area (Å²) in [6, 6.07) is 0. The van der Waals surface area contributed by atoms with Crippen molar-refractivity contribution in [1.29, 1.82) is 0 Å². The van der Waals surface area contributed by atoms with E-state index >= 15 is 0 Å². The zero-order chi connectivity index (χ0) is 11.3. The molecule has 0 saturated carbocycles. The van der Waals surface area contributed by atoms with Crippen LogP contribution in [-0.4, -0.2) is 57.4 Å². The van der Waals surface area contributed by atoms with E-state index in [4.69, 9.17) is 4.74 Å². The van der Waals surface area contributed by atoms with Crippen molar-refractivity contribution in [3.8, 4) is 0 Å². The number of hydrogen-bond acceptors (Lipinski definition) is 5. The first-order chi connectivity index (χ1) is 7.06. The average molecular weight is 237 g/mol. The van der Waals surface area contributed by atoms with Crippen molar-refractivity contribution in [2.45, 2.75) is 6.92 Å². The molecule has 88 valence electrons. The molecule has 0 radical (unpaired) electrons. The minimum Gasteiger partial charge on any atom is -0.465 e. The second kappa shape index (κ2) is 5.43. The zero-order valence-electron chi connectivity index (χ0n) is 8.64.